The molecule has 0 aromatic heterocycles. The van der Waals surface area contributed by atoms with E-state index in [0.29, 0.717) is 11.1 Å². The van der Waals surface area contributed by atoms with Crippen LogP contribution in [0.5, 0.6) is 0 Å². The van der Waals surface area contributed by atoms with Gasteiger partial charge in [0.1, 0.15) is 0 Å². The Kier molecular flexibility index (Phi) is 10.4. The first-order chi connectivity index (χ1) is 24.8. The number of carbonyl (C=O) groups is 4. The van der Waals surface area contributed by atoms with E-state index in [1.807, 2.05) is 121 Å². The first-order valence-electron chi connectivity index (χ1n) is 16.3. The van der Waals surface area contributed by atoms with Gasteiger partial charge in [0.15, 0.2) is 0 Å². The highest BCUT2D eigenvalue weighted by molar-refractivity contribution is 6.05. The molecule has 4 N–H and O–H groups in total. The van der Waals surface area contributed by atoms with Crippen LogP contribution in [0, 0.1) is 0 Å². The van der Waals surface area contributed by atoms with Crippen molar-refractivity contribution in [2.45, 2.75) is 18.3 Å². The molecule has 51 heavy (non-hydrogen) atoms. The van der Waals surface area contributed by atoms with Gasteiger partial charge in [0.05, 0.1) is 34.3 Å². The van der Waals surface area contributed by atoms with E-state index in [1.54, 1.807) is 24.3 Å². The Hall–Kier alpha value is -6.80. The molecule has 0 fully saturated rings. The molecule has 252 valence electrons. The number of hydrogen-bond acceptors (Lipinski definition) is 4. The fraction of sp³-hybridized carbons (Fsp3) is 0.0698. The van der Waals surface area contributed by atoms with Gasteiger partial charge in [-0.15, -0.1) is 0 Å². The van der Waals surface area contributed by atoms with Gasteiger partial charge in [-0.1, -0.05) is 133 Å². The quantitative estimate of drug-likeness (QED) is 0.103. The molecule has 2 amide bonds. The highest BCUT2D eigenvalue weighted by atomic mass is 16.4. The second-order valence-corrected chi connectivity index (χ2v) is 12.0. The van der Waals surface area contributed by atoms with Crippen LogP contribution in [0.2, 0.25) is 0 Å². The van der Waals surface area contributed by atoms with Crippen LogP contribution in [0.25, 0.3) is 0 Å². The monoisotopic (exact) mass is 674 g/mol. The van der Waals surface area contributed by atoms with E-state index in [1.165, 1.54) is 12.1 Å². The first kappa shape index (κ1) is 34.1. The lowest BCUT2D eigenvalue weighted by atomic mass is 9.90. The second kappa shape index (κ2) is 15.6. The van der Waals surface area contributed by atoms with Gasteiger partial charge in [-0.05, 0) is 64.1 Å². The van der Waals surface area contributed by atoms with E-state index in [9.17, 15) is 29.4 Å². The van der Waals surface area contributed by atoms with Gasteiger partial charge in [0.25, 0.3) is 0 Å². The molecule has 0 aliphatic rings. The average Bonchev–Trinajstić information content (AvgIpc) is 3.14. The topological polar surface area (TPSA) is 133 Å². The van der Waals surface area contributed by atoms with Crippen molar-refractivity contribution in [2.75, 3.05) is 10.6 Å². The van der Waals surface area contributed by atoms with Crippen molar-refractivity contribution in [1.29, 1.82) is 0 Å². The SMILES string of the molecule is O=C(O)c1cc(Cc2ccc(NC(=O)C(c3ccccc3)c3ccccc3)c(C(=O)O)c2)ccc1NC(=O)C(c1ccccc1)c1ccccc1. The van der Waals surface area contributed by atoms with Gasteiger partial charge in [-0.25, -0.2) is 9.59 Å². The summed E-state index contributed by atoms with van der Waals surface area (Å²) in [7, 11) is 0. The van der Waals surface area contributed by atoms with Crippen molar-refractivity contribution >= 4 is 35.1 Å². The van der Waals surface area contributed by atoms with Crippen LogP contribution >= 0.6 is 0 Å². The number of carboxylic acids is 2. The van der Waals surface area contributed by atoms with Crippen molar-refractivity contribution in [2.24, 2.45) is 0 Å². The van der Waals surface area contributed by atoms with Gasteiger partial charge < -0.3 is 20.8 Å². The minimum Gasteiger partial charge on any atom is -0.478 e. The highest BCUT2D eigenvalue weighted by Crippen LogP contribution is 2.30. The zero-order chi connectivity index (χ0) is 35.7. The maximum Gasteiger partial charge on any atom is 0.337 e. The Balaban J connectivity index is 1.24. The van der Waals surface area contributed by atoms with E-state index in [-0.39, 0.29) is 40.7 Å². The molecule has 6 aromatic rings. The molecule has 8 heteroatoms. The maximum atomic E-state index is 13.7. The zero-order valence-corrected chi connectivity index (χ0v) is 27.4. The minimum absolute atomic E-state index is 0.101. The fourth-order valence-corrected chi connectivity index (χ4v) is 6.19. The largest absolute Gasteiger partial charge is 0.478 e. The lowest BCUT2D eigenvalue weighted by Gasteiger charge is -2.19. The summed E-state index contributed by atoms with van der Waals surface area (Å²) in [6.07, 6.45) is 0.205. The van der Waals surface area contributed by atoms with Crippen LogP contribution in [0.15, 0.2) is 158 Å². The molecule has 0 aliphatic carbocycles. The van der Waals surface area contributed by atoms with Gasteiger partial charge >= 0.3 is 11.9 Å². The zero-order valence-electron chi connectivity index (χ0n) is 27.4. The Morgan fingerprint density at radius 3 is 1.00 bits per heavy atom. The number of rotatable bonds is 12. The molecule has 6 aromatic carbocycles. The number of amides is 2. The van der Waals surface area contributed by atoms with E-state index in [4.69, 9.17) is 0 Å². The molecule has 0 bridgehead atoms. The minimum atomic E-state index is -1.22. The Morgan fingerprint density at radius 1 is 0.431 bits per heavy atom. The normalized spacial score (nSPS) is 10.9. The lowest BCUT2D eigenvalue weighted by Crippen LogP contribution is -2.23. The molecule has 8 nitrogen and oxygen atoms in total. The predicted molar refractivity (Wildman–Crippen MR) is 196 cm³/mol. The highest BCUT2D eigenvalue weighted by Gasteiger charge is 2.26. The van der Waals surface area contributed by atoms with E-state index >= 15 is 0 Å². The molecule has 0 atom stereocenters. The number of aromatic carboxylic acids is 2. The number of hydrogen-bond donors (Lipinski definition) is 4. The van der Waals surface area contributed by atoms with Crippen LogP contribution < -0.4 is 10.6 Å². The predicted octanol–water partition coefficient (Wildman–Crippen LogP) is 8.22. The molecule has 0 unspecified atom stereocenters. The molecule has 0 aliphatic heterocycles. The molecule has 0 spiro atoms. The van der Waals surface area contributed by atoms with Crippen molar-refractivity contribution in [3.8, 4) is 0 Å². The summed E-state index contributed by atoms with van der Waals surface area (Å²) in [5.41, 5.74) is 4.32. The van der Waals surface area contributed by atoms with Crippen molar-refractivity contribution < 1.29 is 29.4 Å². The third-order valence-corrected chi connectivity index (χ3v) is 8.61. The van der Waals surface area contributed by atoms with E-state index in [2.05, 4.69) is 10.6 Å². The summed E-state index contributed by atoms with van der Waals surface area (Å²) in [5, 5.41) is 25.9. The summed E-state index contributed by atoms with van der Waals surface area (Å²) < 4.78 is 0. The summed E-state index contributed by atoms with van der Waals surface area (Å²) in [6.45, 7) is 0. The third kappa shape index (κ3) is 8.09. The van der Waals surface area contributed by atoms with Gasteiger partial charge in [-0.2, -0.15) is 0 Å². The lowest BCUT2D eigenvalue weighted by molar-refractivity contribution is -0.117. The number of anilines is 2. The van der Waals surface area contributed by atoms with Crippen molar-refractivity contribution in [3.63, 3.8) is 0 Å². The summed E-state index contributed by atoms with van der Waals surface area (Å²) in [5.74, 6) is -4.55. The van der Waals surface area contributed by atoms with Crippen molar-refractivity contribution in [1.82, 2.24) is 0 Å². The number of carbonyl (C=O) groups excluding carboxylic acids is 2. The summed E-state index contributed by atoms with van der Waals surface area (Å²) in [4.78, 5) is 52.2. The smallest absolute Gasteiger partial charge is 0.337 e. The maximum absolute atomic E-state index is 13.7. The van der Waals surface area contributed by atoms with E-state index < -0.39 is 23.8 Å². The number of nitrogens with one attached hydrogen (secondary N) is 2. The fourth-order valence-electron chi connectivity index (χ4n) is 6.19. The summed E-state index contributed by atoms with van der Waals surface area (Å²) in [6, 6.07) is 46.5. The van der Waals surface area contributed by atoms with Crippen molar-refractivity contribution in [3.05, 3.63) is 202 Å². The van der Waals surface area contributed by atoms with E-state index in [0.717, 1.165) is 22.3 Å². The standard InChI is InChI=1S/C43H34N2O6/c46-40(38(30-13-5-1-6-14-30)31-15-7-2-8-16-31)44-36-23-21-28(26-34(36)42(48)49)25-29-22-24-37(35(27-29)43(50)51)45-41(47)39(32-17-9-3-10-18-32)33-19-11-4-12-20-33/h1-24,26-27,38-39H,25H2,(H,44,46)(H,45,47)(H,48,49)(H,50,51). The average molecular weight is 675 g/mol. The number of benzene rings is 6. The Morgan fingerprint density at radius 2 is 0.725 bits per heavy atom. The van der Waals surface area contributed by atoms with Gasteiger partial charge in [0.2, 0.25) is 11.8 Å². The first-order valence-corrected chi connectivity index (χ1v) is 16.3. The molecular weight excluding hydrogens is 640 g/mol. The summed E-state index contributed by atoms with van der Waals surface area (Å²) >= 11 is 0. The number of carboxylic acid groups (broad SMARTS) is 2. The van der Waals surface area contributed by atoms with Gasteiger partial charge in [-0.3, -0.25) is 9.59 Å². The Bertz CT molecular complexity index is 1940. The molecule has 0 heterocycles. The molecule has 0 saturated heterocycles. The molecule has 0 radical (unpaired) electrons. The van der Waals surface area contributed by atoms with Gasteiger partial charge in [0, 0.05) is 0 Å². The Labute approximate surface area is 295 Å². The van der Waals surface area contributed by atoms with Crippen LogP contribution in [0.4, 0.5) is 11.4 Å². The molecule has 0 saturated carbocycles. The van der Waals surface area contributed by atoms with Crippen LogP contribution in [0.3, 0.4) is 0 Å². The van der Waals surface area contributed by atoms with Crippen LogP contribution in [-0.2, 0) is 16.0 Å². The van der Waals surface area contributed by atoms with Crippen LogP contribution in [0.1, 0.15) is 65.9 Å². The molecule has 6 rings (SSSR count). The third-order valence-electron chi connectivity index (χ3n) is 8.61. The second-order valence-electron chi connectivity index (χ2n) is 12.0. The molecular formula is C43H34N2O6. The van der Waals surface area contributed by atoms with Crippen LogP contribution in [-0.4, -0.2) is 34.0 Å².